The number of ether oxygens (including phenoxy) is 2. The van der Waals surface area contributed by atoms with E-state index in [1.165, 1.54) is 18.2 Å². The molecule has 3 aromatic carbocycles. The quantitative estimate of drug-likeness (QED) is 0.341. The van der Waals surface area contributed by atoms with Crippen molar-refractivity contribution in [2.75, 3.05) is 33.3 Å². The van der Waals surface area contributed by atoms with Gasteiger partial charge < -0.3 is 24.6 Å². The number of piperazine rings is 1. The molecule has 0 spiro atoms. The van der Waals surface area contributed by atoms with E-state index < -0.39 is 6.36 Å². The first-order valence-electron chi connectivity index (χ1n) is 14.7. The summed E-state index contributed by atoms with van der Waals surface area (Å²) >= 11 is 0. The predicted molar refractivity (Wildman–Crippen MR) is 161 cm³/mol. The normalized spacial score (nSPS) is 18.2. The van der Waals surface area contributed by atoms with Crippen LogP contribution in [0, 0.1) is 0 Å². The number of carbonyl (C=O) groups is 2. The summed E-state index contributed by atoms with van der Waals surface area (Å²) in [4.78, 5) is 29.8. The molecule has 2 aliphatic heterocycles. The van der Waals surface area contributed by atoms with E-state index in [4.69, 9.17) is 4.74 Å². The van der Waals surface area contributed by atoms with Crippen LogP contribution in [0.5, 0.6) is 11.5 Å². The number of amides is 2. The first-order valence-corrected chi connectivity index (χ1v) is 14.7. The second-order valence-corrected chi connectivity index (χ2v) is 11.2. The molecule has 0 aromatic heterocycles. The maximum Gasteiger partial charge on any atom is 0.573 e. The van der Waals surface area contributed by atoms with Crippen molar-refractivity contribution in [3.05, 3.63) is 101 Å². The predicted octanol–water partition coefficient (Wildman–Crippen LogP) is 5.25. The van der Waals surface area contributed by atoms with Crippen molar-refractivity contribution in [1.29, 1.82) is 0 Å². The van der Waals surface area contributed by atoms with Gasteiger partial charge in [-0.1, -0.05) is 60.7 Å². The maximum atomic E-state index is 14.0. The number of carbonyl (C=O) groups excluding carboxylic acids is 2. The Morgan fingerprint density at radius 2 is 1.64 bits per heavy atom. The van der Waals surface area contributed by atoms with E-state index in [0.717, 1.165) is 28.7 Å². The second kappa shape index (κ2) is 13.5. The van der Waals surface area contributed by atoms with Gasteiger partial charge in [0, 0.05) is 57.7 Å². The first-order chi connectivity index (χ1) is 21.1. The van der Waals surface area contributed by atoms with Crippen molar-refractivity contribution in [2.45, 2.75) is 44.6 Å². The SMILES string of the molecule is CC(=O)N1C[C@H]2CC(c3ccc(CCOc4cccc(OC(F)(F)F)c4)cc3)=C(C(=O)N(C)CCc3ccccc3)[C@@H](C1)N2. The van der Waals surface area contributed by atoms with Crippen LogP contribution in [-0.2, 0) is 22.4 Å². The van der Waals surface area contributed by atoms with Gasteiger partial charge in [0.2, 0.25) is 5.91 Å². The molecule has 5 rings (SSSR count). The fraction of sp³-hybridized carbons (Fsp3) is 0.353. The fourth-order valence-electron chi connectivity index (χ4n) is 5.79. The molecule has 7 nitrogen and oxygen atoms in total. The lowest BCUT2D eigenvalue weighted by Gasteiger charge is -2.44. The Morgan fingerprint density at radius 1 is 0.932 bits per heavy atom. The molecule has 0 radical (unpaired) electrons. The van der Waals surface area contributed by atoms with Crippen LogP contribution in [-0.4, -0.2) is 73.3 Å². The number of likely N-dealkylation sites (N-methyl/N-ethyl adjacent to an activating group) is 1. The smallest absolute Gasteiger partial charge is 0.493 e. The number of nitrogens with zero attached hydrogens (tertiary/aromatic N) is 2. The van der Waals surface area contributed by atoms with Crippen LogP contribution in [0.1, 0.15) is 30.0 Å². The third kappa shape index (κ3) is 7.99. The molecule has 2 heterocycles. The Labute approximate surface area is 255 Å². The minimum Gasteiger partial charge on any atom is -0.493 e. The van der Waals surface area contributed by atoms with Gasteiger partial charge in [-0.25, -0.2) is 0 Å². The first kappa shape index (κ1) is 31.1. The summed E-state index contributed by atoms with van der Waals surface area (Å²) in [7, 11) is 1.82. The van der Waals surface area contributed by atoms with Gasteiger partial charge in [-0.2, -0.15) is 0 Å². The van der Waals surface area contributed by atoms with E-state index in [2.05, 4.69) is 10.1 Å². The molecule has 2 bridgehead atoms. The highest BCUT2D eigenvalue weighted by Crippen LogP contribution is 2.34. The standard InChI is InChI=1S/C34H36F3N3O4/c1-23(41)40-21-27-19-30(32(31(22-40)38-27)33(42)39(2)17-15-24-7-4-3-5-8-24)26-13-11-25(12-14-26)16-18-43-28-9-6-10-29(20-28)44-34(35,36)37/h3-14,20,27,31,38H,15-19,21-22H2,1-2H3/t27-,31-/m1/s1. The zero-order valence-electron chi connectivity index (χ0n) is 24.8. The molecule has 2 atom stereocenters. The topological polar surface area (TPSA) is 71.1 Å². The van der Waals surface area contributed by atoms with E-state index in [1.807, 2.05) is 66.5 Å². The van der Waals surface area contributed by atoms with Gasteiger partial charge in [-0.05, 0) is 47.2 Å². The summed E-state index contributed by atoms with van der Waals surface area (Å²) < 4.78 is 47.2. The zero-order chi connectivity index (χ0) is 31.3. The van der Waals surface area contributed by atoms with Crippen molar-refractivity contribution < 1.29 is 32.2 Å². The van der Waals surface area contributed by atoms with Crippen LogP contribution in [0.4, 0.5) is 13.2 Å². The molecule has 2 aliphatic rings. The third-order valence-corrected chi connectivity index (χ3v) is 8.01. The minimum absolute atomic E-state index is 0.000331. The maximum absolute atomic E-state index is 14.0. The third-order valence-electron chi connectivity index (χ3n) is 8.01. The fourth-order valence-corrected chi connectivity index (χ4v) is 5.79. The number of benzene rings is 3. The van der Waals surface area contributed by atoms with Crippen LogP contribution in [0.2, 0.25) is 0 Å². The van der Waals surface area contributed by atoms with Gasteiger partial charge in [-0.15, -0.1) is 13.2 Å². The molecule has 232 valence electrons. The summed E-state index contributed by atoms with van der Waals surface area (Å²) in [5.41, 5.74) is 4.79. The summed E-state index contributed by atoms with van der Waals surface area (Å²) in [5, 5.41) is 3.58. The number of rotatable bonds is 10. The number of alkyl halides is 3. The Hall–Kier alpha value is -4.31. The summed E-state index contributed by atoms with van der Waals surface area (Å²) in [6.45, 7) is 3.42. The van der Waals surface area contributed by atoms with Crippen LogP contribution in [0.3, 0.4) is 0 Å². The highest BCUT2D eigenvalue weighted by Gasteiger charge is 2.39. The average Bonchev–Trinajstić information content (AvgIpc) is 2.99. The lowest BCUT2D eigenvalue weighted by Crippen LogP contribution is -2.61. The molecule has 1 N–H and O–H groups in total. The van der Waals surface area contributed by atoms with Gasteiger partial charge in [-0.3, -0.25) is 9.59 Å². The molecule has 1 saturated heterocycles. The van der Waals surface area contributed by atoms with Crippen molar-refractivity contribution >= 4 is 17.4 Å². The summed E-state index contributed by atoms with van der Waals surface area (Å²) in [6, 6.07) is 23.3. The largest absolute Gasteiger partial charge is 0.573 e. The Kier molecular flexibility index (Phi) is 9.58. The summed E-state index contributed by atoms with van der Waals surface area (Å²) in [5.74, 6) is -0.0948. The molecule has 1 fully saturated rings. The molecule has 0 saturated carbocycles. The van der Waals surface area contributed by atoms with E-state index in [1.54, 1.807) is 17.9 Å². The van der Waals surface area contributed by atoms with Gasteiger partial charge in [0.25, 0.3) is 5.91 Å². The van der Waals surface area contributed by atoms with E-state index in [0.29, 0.717) is 38.0 Å². The number of halogens is 3. The number of fused-ring (bicyclic) bond motifs is 2. The monoisotopic (exact) mass is 607 g/mol. The Balaban J connectivity index is 1.30. The van der Waals surface area contributed by atoms with Crippen molar-refractivity contribution in [3.63, 3.8) is 0 Å². The molecule has 44 heavy (non-hydrogen) atoms. The molecule has 3 aromatic rings. The summed E-state index contributed by atoms with van der Waals surface area (Å²) in [6.07, 6.45) is -2.87. The molecule has 0 aliphatic carbocycles. The van der Waals surface area contributed by atoms with E-state index >= 15 is 0 Å². The van der Waals surface area contributed by atoms with Gasteiger partial charge in [0.05, 0.1) is 12.6 Å². The molecular formula is C34H36F3N3O4. The van der Waals surface area contributed by atoms with Crippen LogP contribution < -0.4 is 14.8 Å². The van der Waals surface area contributed by atoms with Crippen molar-refractivity contribution in [2.24, 2.45) is 0 Å². The molecular weight excluding hydrogens is 571 g/mol. The van der Waals surface area contributed by atoms with Gasteiger partial charge in [0.1, 0.15) is 11.5 Å². The zero-order valence-corrected chi connectivity index (χ0v) is 24.8. The van der Waals surface area contributed by atoms with E-state index in [9.17, 15) is 22.8 Å². The van der Waals surface area contributed by atoms with Crippen LogP contribution in [0.25, 0.3) is 5.57 Å². The average molecular weight is 608 g/mol. The molecule has 0 unspecified atom stereocenters. The highest BCUT2D eigenvalue weighted by atomic mass is 19.4. The van der Waals surface area contributed by atoms with Crippen LogP contribution >= 0.6 is 0 Å². The minimum atomic E-state index is -4.77. The van der Waals surface area contributed by atoms with Gasteiger partial charge in [0.15, 0.2) is 0 Å². The number of hydrogen-bond donors (Lipinski definition) is 1. The second-order valence-electron chi connectivity index (χ2n) is 11.2. The van der Waals surface area contributed by atoms with Gasteiger partial charge >= 0.3 is 6.36 Å². The molecule has 10 heteroatoms. The lowest BCUT2D eigenvalue weighted by atomic mass is 9.82. The highest BCUT2D eigenvalue weighted by molar-refractivity contribution is 6.03. The molecule has 2 amide bonds. The van der Waals surface area contributed by atoms with Crippen molar-refractivity contribution in [1.82, 2.24) is 15.1 Å². The number of nitrogens with one attached hydrogen (secondary N) is 1. The number of hydrogen-bond acceptors (Lipinski definition) is 5. The lowest BCUT2D eigenvalue weighted by molar-refractivity contribution is -0.274. The van der Waals surface area contributed by atoms with Crippen LogP contribution in [0.15, 0.2) is 84.4 Å². The Bertz CT molecular complexity index is 1490. The van der Waals surface area contributed by atoms with E-state index in [-0.39, 0.29) is 42.0 Å². The van der Waals surface area contributed by atoms with Crippen molar-refractivity contribution in [3.8, 4) is 11.5 Å². The Morgan fingerprint density at radius 3 is 2.34 bits per heavy atom.